The number of aliphatic hydroxyl groups excluding tert-OH is 1. The van der Waals surface area contributed by atoms with Crippen LogP contribution in [0.3, 0.4) is 0 Å². The fourth-order valence-electron chi connectivity index (χ4n) is 2.87. The number of hydrogen-bond donors (Lipinski definition) is 1. The standard InChI is InChI=1S/C19H21N3O3Se/c1-13-17(23)18(24-12-14-8-4-2-5-9-14)16(21-22-20)19(25-13)26-15-10-6-3-7-11-15/h2-11,13,16-19,23H,12H2,1H3/t13?,16?,17-,18?,19+/m0/s1. The third-order valence-electron chi connectivity index (χ3n) is 4.25. The van der Waals surface area contributed by atoms with Crippen molar-refractivity contribution in [3.05, 3.63) is 76.7 Å². The van der Waals surface area contributed by atoms with Crippen LogP contribution in [0, 0.1) is 0 Å². The predicted molar refractivity (Wildman–Crippen MR) is 100 cm³/mol. The molecule has 1 aliphatic rings. The van der Waals surface area contributed by atoms with Gasteiger partial charge in [0.05, 0.1) is 0 Å². The average molecular weight is 418 g/mol. The molecular formula is C19H21N3O3Se. The number of aliphatic hydroxyl groups is 1. The minimum atomic E-state index is -0.850. The summed E-state index contributed by atoms with van der Waals surface area (Å²) in [5, 5.41) is 14.2. The van der Waals surface area contributed by atoms with E-state index in [2.05, 4.69) is 10.0 Å². The SMILES string of the molecule is CC1O[C@H]([Se]c2ccccc2)C(N=[N+]=[N-])C(OCc2ccccc2)[C@H]1O. The molecule has 3 unspecified atom stereocenters. The van der Waals surface area contributed by atoms with Crippen molar-refractivity contribution in [3.8, 4) is 0 Å². The van der Waals surface area contributed by atoms with Crippen molar-refractivity contribution >= 4 is 19.4 Å². The van der Waals surface area contributed by atoms with Gasteiger partial charge in [-0.15, -0.1) is 0 Å². The monoisotopic (exact) mass is 419 g/mol. The van der Waals surface area contributed by atoms with E-state index in [0.29, 0.717) is 6.61 Å². The van der Waals surface area contributed by atoms with Gasteiger partial charge in [-0.3, -0.25) is 0 Å². The van der Waals surface area contributed by atoms with Crippen molar-refractivity contribution in [2.24, 2.45) is 5.11 Å². The third kappa shape index (κ3) is 4.65. The molecule has 0 bridgehead atoms. The van der Waals surface area contributed by atoms with E-state index < -0.39 is 24.4 Å². The molecule has 1 N–H and O–H groups in total. The van der Waals surface area contributed by atoms with E-state index in [9.17, 15) is 5.11 Å². The van der Waals surface area contributed by atoms with Gasteiger partial charge in [-0.2, -0.15) is 0 Å². The van der Waals surface area contributed by atoms with Gasteiger partial charge in [-0.05, 0) is 0 Å². The molecule has 0 aromatic heterocycles. The minimum absolute atomic E-state index is 0.0666. The van der Waals surface area contributed by atoms with Gasteiger partial charge >= 0.3 is 159 Å². The van der Waals surface area contributed by atoms with E-state index >= 15 is 0 Å². The van der Waals surface area contributed by atoms with Gasteiger partial charge in [0.2, 0.25) is 0 Å². The molecule has 1 fully saturated rings. The summed E-state index contributed by atoms with van der Waals surface area (Å²) in [5.41, 5.74) is 10.0. The summed E-state index contributed by atoms with van der Waals surface area (Å²) in [6.07, 6.45) is -1.85. The van der Waals surface area contributed by atoms with Gasteiger partial charge in [0, 0.05) is 0 Å². The van der Waals surface area contributed by atoms with Crippen molar-refractivity contribution in [1.82, 2.24) is 0 Å². The Balaban J connectivity index is 1.78. The van der Waals surface area contributed by atoms with Crippen molar-refractivity contribution in [1.29, 1.82) is 0 Å². The number of nitrogens with zero attached hydrogens (tertiary/aromatic N) is 3. The number of azide groups is 1. The molecule has 3 rings (SSSR count). The Labute approximate surface area is 158 Å². The fraction of sp³-hybridized carbons (Fsp3) is 0.368. The zero-order chi connectivity index (χ0) is 18.4. The first kappa shape index (κ1) is 18.9. The Morgan fingerprint density at radius 2 is 1.81 bits per heavy atom. The molecule has 7 heteroatoms. The first-order chi connectivity index (χ1) is 12.7. The van der Waals surface area contributed by atoms with Gasteiger partial charge < -0.3 is 0 Å². The first-order valence-electron chi connectivity index (χ1n) is 8.44. The van der Waals surface area contributed by atoms with Crippen LogP contribution in [0.15, 0.2) is 65.8 Å². The van der Waals surface area contributed by atoms with E-state index in [1.807, 2.05) is 67.6 Å². The molecule has 136 valence electrons. The van der Waals surface area contributed by atoms with Crippen LogP contribution in [-0.4, -0.2) is 49.4 Å². The average Bonchev–Trinajstić information content (AvgIpc) is 2.67. The van der Waals surface area contributed by atoms with Crippen LogP contribution in [0.4, 0.5) is 0 Å². The van der Waals surface area contributed by atoms with E-state index in [1.165, 1.54) is 0 Å². The molecule has 0 aliphatic carbocycles. The molecule has 2 aromatic rings. The maximum absolute atomic E-state index is 10.6. The Kier molecular flexibility index (Phi) is 6.69. The summed E-state index contributed by atoms with van der Waals surface area (Å²) >= 11 is -0.0666. The van der Waals surface area contributed by atoms with Gasteiger partial charge in [0.15, 0.2) is 0 Å². The van der Waals surface area contributed by atoms with Crippen molar-refractivity contribution in [3.63, 3.8) is 0 Å². The van der Waals surface area contributed by atoms with Crippen LogP contribution in [0.1, 0.15) is 12.5 Å². The van der Waals surface area contributed by atoms with Crippen LogP contribution >= 0.6 is 0 Å². The molecular weight excluding hydrogens is 397 g/mol. The van der Waals surface area contributed by atoms with Gasteiger partial charge in [-0.25, -0.2) is 0 Å². The Hall–Kier alpha value is -1.85. The molecule has 26 heavy (non-hydrogen) atoms. The third-order valence-corrected chi connectivity index (χ3v) is 6.70. The molecule has 5 atom stereocenters. The number of hydrogen-bond acceptors (Lipinski definition) is 4. The fourth-order valence-corrected chi connectivity index (χ4v) is 5.31. The Morgan fingerprint density at radius 1 is 1.15 bits per heavy atom. The molecule has 0 spiro atoms. The van der Waals surface area contributed by atoms with Crippen LogP contribution in [0.5, 0.6) is 0 Å². The van der Waals surface area contributed by atoms with Crippen LogP contribution in [0.25, 0.3) is 10.4 Å². The summed E-state index contributed by atoms with van der Waals surface area (Å²) in [7, 11) is 0. The van der Waals surface area contributed by atoms with Gasteiger partial charge in [0.1, 0.15) is 0 Å². The van der Waals surface area contributed by atoms with E-state index in [-0.39, 0.29) is 20.0 Å². The Morgan fingerprint density at radius 3 is 2.46 bits per heavy atom. The quantitative estimate of drug-likeness (QED) is 0.338. The second-order valence-electron chi connectivity index (χ2n) is 6.09. The summed E-state index contributed by atoms with van der Waals surface area (Å²) in [6, 6.07) is 19.1. The van der Waals surface area contributed by atoms with Crippen molar-refractivity contribution in [2.45, 2.75) is 42.9 Å². The van der Waals surface area contributed by atoms with Gasteiger partial charge in [0.25, 0.3) is 0 Å². The summed E-state index contributed by atoms with van der Waals surface area (Å²) < 4.78 is 13.1. The second kappa shape index (κ2) is 9.19. The van der Waals surface area contributed by atoms with Gasteiger partial charge in [-0.1, -0.05) is 0 Å². The normalized spacial score (nSPS) is 28.3. The molecule has 1 saturated heterocycles. The van der Waals surface area contributed by atoms with Crippen molar-refractivity contribution in [2.75, 3.05) is 0 Å². The van der Waals surface area contributed by atoms with Crippen molar-refractivity contribution < 1.29 is 14.6 Å². The molecule has 0 saturated carbocycles. The summed E-state index contributed by atoms with van der Waals surface area (Å²) in [5.74, 6) is 0. The molecule has 6 nitrogen and oxygen atoms in total. The molecule has 0 amide bonds. The topological polar surface area (TPSA) is 87.5 Å². The van der Waals surface area contributed by atoms with Crippen LogP contribution in [0.2, 0.25) is 0 Å². The van der Waals surface area contributed by atoms with E-state index in [4.69, 9.17) is 15.0 Å². The maximum atomic E-state index is 10.6. The van der Waals surface area contributed by atoms with Crippen LogP contribution in [-0.2, 0) is 16.1 Å². The second-order valence-corrected chi connectivity index (χ2v) is 8.55. The summed E-state index contributed by atoms with van der Waals surface area (Å²) in [4.78, 5) is 2.98. The number of ether oxygens (including phenoxy) is 2. The van der Waals surface area contributed by atoms with E-state index in [0.717, 1.165) is 10.0 Å². The molecule has 1 aliphatic heterocycles. The zero-order valence-electron chi connectivity index (χ0n) is 14.4. The van der Waals surface area contributed by atoms with E-state index in [1.54, 1.807) is 0 Å². The first-order valence-corrected chi connectivity index (χ1v) is 10.3. The van der Waals surface area contributed by atoms with Crippen LogP contribution < -0.4 is 4.46 Å². The Bertz CT molecular complexity index is 740. The summed E-state index contributed by atoms with van der Waals surface area (Å²) in [6.45, 7) is 2.17. The predicted octanol–water partition coefficient (Wildman–Crippen LogP) is 2.39. The molecule has 2 aromatic carbocycles. The number of benzene rings is 2. The zero-order valence-corrected chi connectivity index (χ0v) is 16.1. The molecule has 0 radical (unpaired) electrons. The molecule has 1 heterocycles. The number of rotatable bonds is 6.